The molecule has 184 valence electrons. The Balaban J connectivity index is 1.68. The van der Waals surface area contributed by atoms with Gasteiger partial charge in [0.25, 0.3) is 0 Å². The molecule has 2 fully saturated rings. The average Bonchev–Trinajstić information content (AvgIpc) is 3.04. The van der Waals surface area contributed by atoms with E-state index in [1.807, 2.05) is 6.92 Å². The number of rotatable bonds is 5. The molecule has 33 heavy (non-hydrogen) atoms. The van der Waals surface area contributed by atoms with E-state index in [4.69, 9.17) is 0 Å². The van der Waals surface area contributed by atoms with Gasteiger partial charge in [0.05, 0.1) is 6.10 Å². The minimum Gasteiger partial charge on any atom is -0.389 e. The number of aliphatic hydroxyl groups is 1. The van der Waals surface area contributed by atoms with Crippen LogP contribution in [0.15, 0.2) is 22.8 Å². The Morgan fingerprint density at radius 2 is 1.82 bits per heavy atom. The van der Waals surface area contributed by atoms with Gasteiger partial charge in [-0.2, -0.15) is 0 Å². The summed E-state index contributed by atoms with van der Waals surface area (Å²) >= 11 is 0. The van der Waals surface area contributed by atoms with Gasteiger partial charge in [-0.05, 0) is 103 Å². The second-order valence-electron chi connectivity index (χ2n) is 13.3. The van der Waals surface area contributed by atoms with Crippen molar-refractivity contribution in [1.29, 1.82) is 0 Å². The van der Waals surface area contributed by atoms with Crippen LogP contribution in [-0.4, -0.2) is 23.3 Å². The van der Waals surface area contributed by atoms with Gasteiger partial charge in [-0.15, -0.1) is 0 Å². The molecule has 0 aliphatic heterocycles. The molecule has 2 saturated carbocycles. The van der Waals surface area contributed by atoms with Gasteiger partial charge in [-0.25, -0.2) is 0 Å². The van der Waals surface area contributed by atoms with Gasteiger partial charge in [0.1, 0.15) is 12.1 Å². The molecule has 0 unspecified atom stereocenters. The Kier molecular flexibility index (Phi) is 6.17. The van der Waals surface area contributed by atoms with Crippen molar-refractivity contribution in [2.75, 3.05) is 0 Å². The summed E-state index contributed by atoms with van der Waals surface area (Å²) < 4.78 is 0. The van der Waals surface area contributed by atoms with Crippen molar-refractivity contribution in [3.63, 3.8) is 0 Å². The lowest BCUT2D eigenvalue weighted by atomic mass is 9.43. The number of aliphatic hydroxyl groups excluding tert-OH is 1. The van der Waals surface area contributed by atoms with Gasteiger partial charge in [-0.3, -0.25) is 9.59 Å². The lowest BCUT2D eigenvalue weighted by Gasteiger charge is -2.61. The standard InChI is InChI=1S/C30H46O3/c1-19(18-31)9-8-10-20(2)21-11-16-30(7)26-22(12-15-29(21,30)6)28(5)14-13-25(33)27(3,4)24(28)17-23(26)32/h9,18,20-21,23-24,32H,8,10-17H2,1-7H3/b19-9+/t20-,21-,23-,24-,28-,29-,30+/m1/s1. The number of allylic oxidation sites excluding steroid dienone is 3. The maximum Gasteiger partial charge on any atom is 0.145 e. The molecule has 4 aliphatic rings. The molecule has 0 spiro atoms. The fourth-order valence-corrected chi connectivity index (χ4v) is 9.23. The van der Waals surface area contributed by atoms with Crippen molar-refractivity contribution >= 4 is 12.1 Å². The van der Waals surface area contributed by atoms with Crippen molar-refractivity contribution in [2.45, 2.75) is 112 Å². The quantitative estimate of drug-likeness (QED) is 0.281. The zero-order valence-corrected chi connectivity index (χ0v) is 22.1. The van der Waals surface area contributed by atoms with Crippen molar-refractivity contribution in [3.8, 4) is 0 Å². The molecule has 0 aromatic heterocycles. The largest absolute Gasteiger partial charge is 0.389 e. The highest BCUT2D eigenvalue weighted by Gasteiger charge is 2.65. The summed E-state index contributed by atoms with van der Waals surface area (Å²) in [5, 5.41) is 11.6. The van der Waals surface area contributed by atoms with Gasteiger partial charge >= 0.3 is 0 Å². The summed E-state index contributed by atoms with van der Waals surface area (Å²) in [5.74, 6) is 1.85. The number of carbonyl (C=O) groups is 2. The first-order valence-electron chi connectivity index (χ1n) is 13.4. The van der Waals surface area contributed by atoms with E-state index in [0.717, 1.165) is 50.4 Å². The van der Waals surface area contributed by atoms with Crippen molar-refractivity contribution in [1.82, 2.24) is 0 Å². The first-order chi connectivity index (χ1) is 15.3. The highest BCUT2D eigenvalue weighted by atomic mass is 16.3. The predicted octanol–water partition coefficient (Wildman–Crippen LogP) is 6.84. The van der Waals surface area contributed by atoms with E-state index >= 15 is 0 Å². The van der Waals surface area contributed by atoms with E-state index in [-0.39, 0.29) is 27.6 Å². The maximum absolute atomic E-state index is 12.8. The van der Waals surface area contributed by atoms with Crippen LogP contribution in [-0.2, 0) is 9.59 Å². The molecule has 0 heterocycles. The minimum atomic E-state index is -0.417. The third-order valence-electron chi connectivity index (χ3n) is 11.5. The van der Waals surface area contributed by atoms with Crippen LogP contribution >= 0.6 is 0 Å². The maximum atomic E-state index is 12.8. The zero-order chi connectivity index (χ0) is 24.4. The normalized spacial score (nSPS) is 43.6. The molecule has 0 radical (unpaired) electrons. The van der Waals surface area contributed by atoms with Crippen molar-refractivity contribution in [3.05, 3.63) is 22.8 Å². The summed E-state index contributed by atoms with van der Waals surface area (Å²) in [5.41, 5.74) is 3.63. The van der Waals surface area contributed by atoms with Crippen LogP contribution in [0.1, 0.15) is 106 Å². The van der Waals surface area contributed by atoms with Crippen LogP contribution in [0, 0.1) is 39.4 Å². The molecular formula is C30H46O3. The fraction of sp³-hybridized carbons (Fsp3) is 0.800. The van der Waals surface area contributed by atoms with Crippen molar-refractivity contribution in [2.24, 2.45) is 39.4 Å². The number of fused-ring (bicyclic) bond motifs is 4. The van der Waals surface area contributed by atoms with Crippen LogP contribution in [0.4, 0.5) is 0 Å². The molecule has 4 aliphatic carbocycles. The predicted molar refractivity (Wildman–Crippen MR) is 134 cm³/mol. The molecule has 0 aromatic carbocycles. The van der Waals surface area contributed by atoms with Crippen LogP contribution in [0.3, 0.4) is 0 Å². The third kappa shape index (κ3) is 3.46. The Hall–Kier alpha value is -1.22. The Labute approximate surface area is 201 Å². The fourth-order valence-electron chi connectivity index (χ4n) is 9.23. The molecule has 3 nitrogen and oxygen atoms in total. The monoisotopic (exact) mass is 454 g/mol. The Bertz CT molecular complexity index is 894. The lowest BCUT2D eigenvalue weighted by molar-refractivity contribution is -0.141. The highest BCUT2D eigenvalue weighted by Crippen LogP contribution is 2.72. The third-order valence-corrected chi connectivity index (χ3v) is 11.5. The van der Waals surface area contributed by atoms with Crippen LogP contribution in [0.5, 0.6) is 0 Å². The van der Waals surface area contributed by atoms with Crippen LogP contribution in [0.2, 0.25) is 0 Å². The molecule has 1 N–H and O–H groups in total. The van der Waals surface area contributed by atoms with E-state index in [1.54, 1.807) is 0 Å². The molecular weight excluding hydrogens is 408 g/mol. The molecule has 3 heteroatoms. The number of Topliss-reactive ketones (excluding diaryl/α,β-unsaturated/α-hetero) is 1. The first-order valence-corrected chi connectivity index (χ1v) is 13.4. The summed E-state index contributed by atoms with van der Waals surface area (Å²) in [6.45, 7) is 15.9. The molecule has 7 atom stereocenters. The minimum absolute atomic E-state index is 0.0348. The van der Waals surface area contributed by atoms with E-state index in [9.17, 15) is 14.7 Å². The van der Waals surface area contributed by atoms with Gasteiger partial charge in [0, 0.05) is 11.8 Å². The number of hydrogen-bond donors (Lipinski definition) is 1. The number of carbonyl (C=O) groups excluding carboxylic acids is 2. The van der Waals surface area contributed by atoms with Crippen LogP contribution in [0.25, 0.3) is 0 Å². The van der Waals surface area contributed by atoms with Gasteiger partial charge in [0.2, 0.25) is 0 Å². The first kappa shape index (κ1) is 24.9. The second-order valence-corrected chi connectivity index (χ2v) is 13.3. The second kappa shape index (κ2) is 8.18. The number of aldehydes is 1. The SMILES string of the molecule is C/C(C=O)=C\CC[C@@H](C)[C@H]1CC[C@@]2(C)C3=C(CC[C@]12C)[C@@]1(C)CCC(=O)C(C)(C)[C@H]1C[C@H]3O. The molecule has 0 saturated heterocycles. The van der Waals surface area contributed by atoms with E-state index < -0.39 is 6.10 Å². The van der Waals surface area contributed by atoms with Crippen LogP contribution < -0.4 is 0 Å². The van der Waals surface area contributed by atoms with E-state index in [1.165, 1.54) is 24.0 Å². The summed E-state index contributed by atoms with van der Waals surface area (Å²) in [7, 11) is 0. The van der Waals surface area contributed by atoms with Gasteiger partial charge in [-0.1, -0.05) is 53.2 Å². The molecule has 4 rings (SSSR count). The summed E-state index contributed by atoms with van der Waals surface area (Å²) in [6.07, 6.45) is 11.7. The topological polar surface area (TPSA) is 54.4 Å². The van der Waals surface area contributed by atoms with E-state index in [2.05, 4.69) is 47.6 Å². The summed E-state index contributed by atoms with van der Waals surface area (Å²) in [4.78, 5) is 23.8. The lowest BCUT2D eigenvalue weighted by Crippen LogP contribution is -2.57. The molecule has 0 bridgehead atoms. The van der Waals surface area contributed by atoms with Crippen molar-refractivity contribution < 1.29 is 14.7 Å². The zero-order valence-electron chi connectivity index (χ0n) is 22.1. The Morgan fingerprint density at radius 1 is 1.12 bits per heavy atom. The Morgan fingerprint density at radius 3 is 2.48 bits per heavy atom. The summed E-state index contributed by atoms with van der Waals surface area (Å²) in [6, 6.07) is 0. The van der Waals surface area contributed by atoms with E-state index in [0.29, 0.717) is 24.0 Å². The smallest absolute Gasteiger partial charge is 0.145 e. The van der Waals surface area contributed by atoms with Gasteiger partial charge < -0.3 is 5.11 Å². The van der Waals surface area contributed by atoms with Gasteiger partial charge in [0.15, 0.2) is 0 Å². The molecule has 0 amide bonds. The average molecular weight is 455 g/mol. The number of ketones is 1. The number of hydrogen-bond acceptors (Lipinski definition) is 3. The highest BCUT2D eigenvalue weighted by molar-refractivity contribution is 5.86. The molecule has 0 aromatic rings.